The molecule has 0 bridgehead atoms. The molecule has 1 aliphatic rings. The van der Waals surface area contributed by atoms with Gasteiger partial charge in [0.1, 0.15) is 6.04 Å². The Labute approximate surface area is 88.0 Å². The Kier molecular flexibility index (Phi) is 3.68. The third-order valence-corrected chi connectivity index (χ3v) is 2.37. The highest BCUT2D eigenvalue weighted by Gasteiger charge is 2.18. The zero-order chi connectivity index (χ0) is 11.4. The highest BCUT2D eigenvalue weighted by molar-refractivity contribution is 5.75. The summed E-state index contributed by atoms with van der Waals surface area (Å²) in [6, 6.07) is -0.872. The van der Waals surface area contributed by atoms with E-state index in [0.717, 1.165) is 12.0 Å². The summed E-state index contributed by atoms with van der Waals surface area (Å²) in [5.74, 6) is -0.986. The molecule has 0 aliphatic carbocycles. The van der Waals surface area contributed by atoms with Gasteiger partial charge in [0.05, 0.1) is 0 Å². The minimum absolute atomic E-state index is 0.0181. The smallest absolute Gasteiger partial charge is 0.320 e. The molecule has 0 spiro atoms. The van der Waals surface area contributed by atoms with Gasteiger partial charge in [0, 0.05) is 13.1 Å². The second-order valence-electron chi connectivity index (χ2n) is 3.61. The lowest BCUT2D eigenvalue weighted by Crippen LogP contribution is -2.41. The van der Waals surface area contributed by atoms with Gasteiger partial charge in [0.25, 0.3) is 0 Å². The van der Waals surface area contributed by atoms with Crippen molar-refractivity contribution < 1.29 is 9.90 Å². The average molecular weight is 212 g/mol. The molecule has 0 saturated heterocycles. The number of guanidine groups is 1. The first-order chi connectivity index (χ1) is 7.00. The first-order valence-corrected chi connectivity index (χ1v) is 4.76. The third kappa shape index (κ3) is 3.25. The van der Waals surface area contributed by atoms with Crippen molar-refractivity contribution in [1.82, 2.24) is 4.90 Å². The molecule has 1 heterocycles. The Balaban J connectivity index is 2.53. The molecule has 84 valence electrons. The summed E-state index contributed by atoms with van der Waals surface area (Å²) in [5.41, 5.74) is 11.7. The first-order valence-electron chi connectivity index (χ1n) is 4.76. The van der Waals surface area contributed by atoms with Crippen LogP contribution < -0.4 is 11.5 Å². The van der Waals surface area contributed by atoms with E-state index in [0.29, 0.717) is 19.5 Å². The first kappa shape index (κ1) is 11.5. The standard InChI is InChI=1S/C9H16N4O2/c10-7(8(14)15)4-6-2-1-3-13(5-6)9(11)12/h2,7H,1,3-5,10H2,(H3,11,12)(H,14,15)/t7-/m0/s1. The summed E-state index contributed by atoms with van der Waals surface area (Å²) in [6.07, 6.45) is 3.07. The third-order valence-electron chi connectivity index (χ3n) is 2.37. The number of rotatable bonds is 3. The second kappa shape index (κ2) is 4.79. The van der Waals surface area contributed by atoms with Crippen molar-refractivity contribution in [3.05, 3.63) is 11.6 Å². The Morgan fingerprint density at radius 2 is 2.40 bits per heavy atom. The van der Waals surface area contributed by atoms with E-state index in [-0.39, 0.29) is 5.96 Å². The summed E-state index contributed by atoms with van der Waals surface area (Å²) in [5, 5.41) is 15.9. The summed E-state index contributed by atoms with van der Waals surface area (Å²) in [7, 11) is 0. The van der Waals surface area contributed by atoms with Crippen molar-refractivity contribution >= 4 is 11.9 Å². The van der Waals surface area contributed by atoms with E-state index in [1.807, 2.05) is 6.08 Å². The lowest BCUT2D eigenvalue weighted by molar-refractivity contribution is -0.138. The van der Waals surface area contributed by atoms with Gasteiger partial charge in [-0.15, -0.1) is 0 Å². The number of carboxylic acid groups (broad SMARTS) is 1. The molecule has 6 heteroatoms. The number of hydrogen-bond donors (Lipinski definition) is 4. The fourth-order valence-corrected chi connectivity index (χ4v) is 1.54. The SMILES string of the molecule is N=C(N)N1CCC=C(C[C@H](N)C(=O)O)C1. The average Bonchev–Trinajstić information content (AvgIpc) is 2.18. The van der Waals surface area contributed by atoms with Crippen LogP contribution >= 0.6 is 0 Å². The molecule has 15 heavy (non-hydrogen) atoms. The minimum atomic E-state index is -1.00. The molecule has 0 aromatic heterocycles. The number of aliphatic carboxylic acids is 1. The molecule has 0 amide bonds. The van der Waals surface area contributed by atoms with Gasteiger partial charge in [-0.3, -0.25) is 10.2 Å². The van der Waals surface area contributed by atoms with Gasteiger partial charge in [-0.05, 0) is 12.8 Å². The number of hydrogen-bond acceptors (Lipinski definition) is 3. The number of nitrogens with zero attached hydrogens (tertiary/aromatic N) is 1. The van der Waals surface area contributed by atoms with Gasteiger partial charge in [-0.2, -0.15) is 0 Å². The zero-order valence-corrected chi connectivity index (χ0v) is 8.44. The lowest BCUT2D eigenvalue weighted by atomic mass is 10.0. The van der Waals surface area contributed by atoms with Crippen LogP contribution in [-0.2, 0) is 4.79 Å². The largest absolute Gasteiger partial charge is 0.480 e. The predicted molar refractivity (Wildman–Crippen MR) is 56.4 cm³/mol. The zero-order valence-electron chi connectivity index (χ0n) is 8.44. The van der Waals surface area contributed by atoms with E-state index < -0.39 is 12.0 Å². The Morgan fingerprint density at radius 1 is 1.73 bits per heavy atom. The van der Waals surface area contributed by atoms with Gasteiger partial charge in [-0.25, -0.2) is 0 Å². The number of nitrogens with one attached hydrogen (secondary N) is 1. The van der Waals surface area contributed by atoms with E-state index in [4.69, 9.17) is 22.0 Å². The van der Waals surface area contributed by atoms with E-state index >= 15 is 0 Å². The molecule has 0 saturated carbocycles. The quantitative estimate of drug-likeness (QED) is 0.281. The van der Waals surface area contributed by atoms with Gasteiger partial charge in [0.2, 0.25) is 0 Å². The maximum atomic E-state index is 10.6. The number of carbonyl (C=O) groups is 1. The lowest BCUT2D eigenvalue weighted by Gasteiger charge is -2.28. The Morgan fingerprint density at radius 3 is 2.93 bits per heavy atom. The maximum Gasteiger partial charge on any atom is 0.320 e. The molecule has 0 radical (unpaired) electrons. The molecule has 1 aliphatic heterocycles. The van der Waals surface area contributed by atoms with Gasteiger partial charge >= 0.3 is 5.97 Å². The molecular formula is C9H16N4O2. The normalized spacial score (nSPS) is 18.2. The fraction of sp³-hybridized carbons (Fsp3) is 0.556. The van der Waals surface area contributed by atoms with Gasteiger partial charge in [0.15, 0.2) is 5.96 Å². The van der Waals surface area contributed by atoms with Crippen LogP contribution in [0.15, 0.2) is 11.6 Å². The molecular weight excluding hydrogens is 196 g/mol. The van der Waals surface area contributed by atoms with Gasteiger partial charge in [-0.1, -0.05) is 11.6 Å². The van der Waals surface area contributed by atoms with Crippen LogP contribution in [0.2, 0.25) is 0 Å². The maximum absolute atomic E-state index is 10.6. The molecule has 0 fully saturated rings. The number of nitrogens with two attached hydrogens (primary N) is 2. The Bertz CT molecular complexity index is 300. The topological polar surface area (TPSA) is 116 Å². The summed E-state index contributed by atoms with van der Waals surface area (Å²) < 4.78 is 0. The van der Waals surface area contributed by atoms with Crippen LogP contribution in [0.3, 0.4) is 0 Å². The molecule has 1 rings (SSSR count). The highest BCUT2D eigenvalue weighted by atomic mass is 16.4. The van der Waals surface area contributed by atoms with E-state index in [1.165, 1.54) is 0 Å². The molecule has 0 aromatic rings. The molecule has 6 N–H and O–H groups in total. The summed E-state index contributed by atoms with van der Waals surface area (Å²) in [4.78, 5) is 12.3. The fourth-order valence-electron chi connectivity index (χ4n) is 1.54. The van der Waals surface area contributed by atoms with Crippen molar-refractivity contribution in [3.63, 3.8) is 0 Å². The second-order valence-corrected chi connectivity index (χ2v) is 3.61. The molecule has 0 aromatic carbocycles. The number of carboxylic acids is 1. The molecule has 6 nitrogen and oxygen atoms in total. The van der Waals surface area contributed by atoms with Crippen molar-refractivity contribution in [2.75, 3.05) is 13.1 Å². The van der Waals surface area contributed by atoms with Crippen LogP contribution in [0.25, 0.3) is 0 Å². The van der Waals surface area contributed by atoms with E-state index in [9.17, 15) is 4.79 Å². The minimum Gasteiger partial charge on any atom is -0.480 e. The van der Waals surface area contributed by atoms with Crippen LogP contribution in [0.5, 0.6) is 0 Å². The summed E-state index contributed by atoms with van der Waals surface area (Å²) >= 11 is 0. The molecule has 0 unspecified atom stereocenters. The Hall–Kier alpha value is -1.56. The van der Waals surface area contributed by atoms with Crippen molar-refractivity contribution in [2.24, 2.45) is 11.5 Å². The van der Waals surface area contributed by atoms with Crippen LogP contribution in [0.4, 0.5) is 0 Å². The monoisotopic (exact) mass is 212 g/mol. The van der Waals surface area contributed by atoms with Crippen LogP contribution in [0, 0.1) is 5.41 Å². The van der Waals surface area contributed by atoms with Gasteiger partial charge < -0.3 is 21.5 Å². The highest BCUT2D eigenvalue weighted by Crippen LogP contribution is 2.13. The van der Waals surface area contributed by atoms with E-state index in [1.54, 1.807) is 4.90 Å². The molecule has 1 atom stereocenters. The van der Waals surface area contributed by atoms with Crippen molar-refractivity contribution in [2.45, 2.75) is 18.9 Å². The van der Waals surface area contributed by atoms with Crippen molar-refractivity contribution in [3.8, 4) is 0 Å². The van der Waals surface area contributed by atoms with E-state index in [2.05, 4.69) is 0 Å². The van der Waals surface area contributed by atoms with Crippen molar-refractivity contribution in [1.29, 1.82) is 5.41 Å². The predicted octanol–water partition coefficient (Wildman–Crippen LogP) is -0.686. The van der Waals surface area contributed by atoms with Crippen LogP contribution in [0.1, 0.15) is 12.8 Å². The summed E-state index contributed by atoms with van der Waals surface area (Å²) in [6.45, 7) is 1.22. The van der Waals surface area contributed by atoms with Crippen LogP contribution in [-0.4, -0.2) is 41.1 Å².